The minimum Gasteiger partial charge on any atom is -0.273 e. The minimum absolute atomic E-state index is 0.00142. The molecule has 2 heterocycles. The third kappa shape index (κ3) is 2.78. The summed E-state index contributed by atoms with van der Waals surface area (Å²) >= 11 is 1.18. The standard InChI is InChI=1S/C19H16F2N2O2S2/c1-12(24)23-19(9-10-27(2,25)17-6-4-3-5-15(17)19)26-18(22-23)14-11-13(20)7-8-16(14)21/h3-8,11H,2,9-10H2,1H3. The number of hydrogen-bond donors (Lipinski definition) is 0. The Morgan fingerprint density at radius 3 is 2.78 bits per heavy atom. The van der Waals surface area contributed by atoms with Gasteiger partial charge in [0.1, 0.15) is 21.5 Å². The van der Waals surface area contributed by atoms with Crippen molar-refractivity contribution in [3.8, 4) is 0 Å². The van der Waals surface area contributed by atoms with Crippen LogP contribution in [0.25, 0.3) is 0 Å². The van der Waals surface area contributed by atoms with Crippen LogP contribution < -0.4 is 0 Å². The molecule has 27 heavy (non-hydrogen) atoms. The number of hydrazone groups is 1. The lowest BCUT2D eigenvalue weighted by Gasteiger charge is -2.40. The second-order valence-electron chi connectivity index (χ2n) is 6.51. The molecule has 2 aliphatic rings. The maximum Gasteiger partial charge on any atom is 0.241 e. The normalized spacial score (nSPS) is 26.8. The van der Waals surface area contributed by atoms with Gasteiger partial charge < -0.3 is 0 Å². The molecule has 140 valence electrons. The smallest absolute Gasteiger partial charge is 0.241 e. The molecule has 0 fully saturated rings. The van der Waals surface area contributed by atoms with Crippen LogP contribution in [0.4, 0.5) is 8.78 Å². The maximum absolute atomic E-state index is 14.3. The van der Waals surface area contributed by atoms with E-state index < -0.39 is 26.0 Å². The number of benzene rings is 2. The van der Waals surface area contributed by atoms with Gasteiger partial charge in [0.05, 0.1) is 0 Å². The Morgan fingerprint density at radius 2 is 2.04 bits per heavy atom. The maximum atomic E-state index is 14.3. The second kappa shape index (κ2) is 6.17. The van der Waals surface area contributed by atoms with Gasteiger partial charge in [0, 0.05) is 28.7 Å². The van der Waals surface area contributed by atoms with Crippen molar-refractivity contribution in [2.45, 2.75) is 23.1 Å². The molecular formula is C19H16F2N2O2S2. The molecule has 1 spiro atoms. The monoisotopic (exact) mass is 406 g/mol. The Balaban J connectivity index is 1.90. The minimum atomic E-state index is -2.49. The van der Waals surface area contributed by atoms with Crippen LogP contribution in [0.3, 0.4) is 0 Å². The summed E-state index contributed by atoms with van der Waals surface area (Å²) in [7, 11) is -2.49. The molecule has 0 radical (unpaired) electrons. The molecular weight excluding hydrogens is 390 g/mol. The van der Waals surface area contributed by atoms with Gasteiger partial charge in [0.2, 0.25) is 5.91 Å². The predicted octanol–water partition coefficient (Wildman–Crippen LogP) is 3.55. The molecule has 0 aromatic heterocycles. The van der Waals surface area contributed by atoms with Crippen LogP contribution in [0.1, 0.15) is 24.5 Å². The highest BCUT2D eigenvalue weighted by molar-refractivity contribution is 8.15. The van der Waals surface area contributed by atoms with E-state index in [1.54, 1.807) is 24.3 Å². The third-order valence-electron chi connectivity index (χ3n) is 4.73. The molecule has 2 aliphatic heterocycles. The largest absolute Gasteiger partial charge is 0.273 e. The van der Waals surface area contributed by atoms with Crippen molar-refractivity contribution in [2.24, 2.45) is 5.10 Å². The Hall–Kier alpha value is -2.19. The summed E-state index contributed by atoms with van der Waals surface area (Å²) in [4.78, 5) is 12.0. The van der Waals surface area contributed by atoms with Gasteiger partial charge in [-0.05, 0) is 46.1 Å². The number of thioether (sulfide) groups is 1. The fraction of sp³-hybridized carbons (Fsp3) is 0.211. The van der Waals surface area contributed by atoms with Crippen LogP contribution in [0.5, 0.6) is 0 Å². The molecule has 0 saturated carbocycles. The average molecular weight is 406 g/mol. The third-order valence-corrected chi connectivity index (χ3v) is 8.19. The number of carbonyl (C=O) groups excluding carboxylic acids is 1. The fourth-order valence-corrected chi connectivity index (χ4v) is 6.94. The highest BCUT2D eigenvalue weighted by atomic mass is 32.2. The van der Waals surface area contributed by atoms with E-state index in [0.29, 0.717) is 16.9 Å². The summed E-state index contributed by atoms with van der Waals surface area (Å²) < 4.78 is 40.9. The van der Waals surface area contributed by atoms with Gasteiger partial charge in [0.25, 0.3) is 0 Å². The first-order chi connectivity index (χ1) is 12.7. The van der Waals surface area contributed by atoms with Gasteiger partial charge in [0.15, 0.2) is 0 Å². The Kier molecular flexibility index (Phi) is 4.16. The highest BCUT2D eigenvalue weighted by Crippen LogP contribution is 2.54. The van der Waals surface area contributed by atoms with Gasteiger partial charge in [-0.3, -0.25) is 9.00 Å². The lowest BCUT2D eigenvalue weighted by molar-refractivity contribution is -0.132. The van der Waals surface area contributed by atoms with Gasteiger partial charge in [-0.25, -0.2) is 13.8 Å². The summed E-state index contributed by atoms with van der Waals surface area (Å²) in [5, 5.41) is 5.84. The van der Waals surface area contributed by atoms with Crippen molar-refractivity contribution < 1.29 is 17.8 Å². The lowest BCUT2D eigenvalue weighted by atomic mass is 10.0. The van der Waals surface area contributed by atoms with E-state index in [-0.39, 0.29) is 22.3 Å². The van der Waals surface area contributed by atoms with E-state index >= 15 is 0 Å². The van der Waals surface area contributed by atoms with E-state index in [2.05, 4.69) is 11.0 Å². The summed E-state index contributed by atoms with van der Waals surface area (Å²) in [6.07, 6.45) is 0.348. The Morgan fingerprint density at radius 1 is 1.30 bits per heavy atom. The molecule has 2 unspecified atom stereocenters. The van der Waals surface area contributed by atoms with Gasteiger partial charge in [-0.2, -0.15) is 5.10 Å². The molecule has 0 saturated heterocycles. The van der Waals surface area contributed by atoms with Gasteiger partial charge in [-0.15, -0.1) is 0 Å². The summed E-state index contributed by atoms with van der Waals surface area (Å²) in [6, 6.07) is 10.2. The van der Waals surface area contributed by atoms with Crippen LogP contribution in [0, 0.1) is 11.6 Å². The quantitative estimate of drug-likeness (QED) is 0.681. The summed E-state index contributed by atoms with van der Waals surface area (Å²) in [6.45, 7) is 1.37. The van der Waals surface area contributed by atoms with E-state index in [1.165, 1.54) is 23.7 Å². The SMILES string of the molecule is C=S1(=O)CCC2(SC(c3cc(F)ccc3F)=NN2C(C)=O)c2ccccc21. The first kappa shape index (κ1) is 18.2. The van der Waals surface area contributed by atoms with Crippen molar-refractivity contribution in [2.75, 3.05) is 5.75 Å². The van der Waals surface area contributed by atoms with Crippen LogP contribution >= 0.6 is 11.8 Å². The van der Waals surface area contributed by atoms with Crippen LogP contribution in [0.15, 0.2) is 52.5 Å². The molecule has 4 rings (SSSR count). The zero-order valence-corrected chi connectivity index (χ0v) is 16.1. The van der Waals surface area contributed by atoms with Crippen LogP contribution in [-0.4, -0.2) is 31.8 Å². The fourth-order valence-electron chi connectivity index (χ4n) is 3.48. The Bertz CT molecular complexity index is 1100. The van der Waals surface area contributed by atoms with E-state index in [1.807, 2.05) is 0 Å². The summed E-state index contributed by atoms with van der Waals surface area (Å²) in [5.41, 5.74) is 0.675. The first-order valence-corrected chi connectivity index (χ1v) is 10.9. The van der Waals surface area contributed by atoms with Crippen molar-refractivity contribution in [1.82, 2.24) is 5.01 Å². The van der Waals surface area contributed by atoms with Gasteiger partial charge >= 0.3 is 0 Å². The molecule has 0 N–H and O–H groups in total. The molecule has 0 aliphatic carbocycles. The van der Waals surface area contributed by atoms with Gasteiger partial charge in [-0.1, -0.05) is 30.0 Å². The van der Waals surface area contributed by atoms with E-state index in [4.69, 9.17) is 0 Å². The number of hydrogen-bond acceptors (Lipinski definition) is 4. The number of halogens is 2. The zero-order chi connectivity index (χ0) is 19.4. The topological polar surface area (TPSA) is 49.7 Å². The van der Waals surface area contributed by atoms with Crippen LogP contribution in [-0.2, 0) is 19.2 Å². The van der Waals surface area contributed by atoms with Crippen LogP contribution in [0.2, 0.25) is 0 Å². The first-order valence-electron chi connectivity index (χ1n) is 8.23. The summed E-state index contributed by atoms with van der Waals surface area (Å²) in [5.74, 6) is 2.60. The number of fused-ring (bicyclic) bond motifs is 2. The number of nitrogens with zero attached hydrogens (tertiary/aromatic N) is 2. The predicted molar refractivity (Wildman–Crippen MR) is 104 cm³/mol. The molecule has 4 nitrogen and oxygen atoms in total. The van der Waals surface area contributed by atoms with Crippen molar-refractivity contribution in [3.05, 3.63) is 65.2 Å². The Labute approximate surface area is 160 Å². The van der Waals surface area contributed by atoms with Crippen molar-refractivity contribution in [3.63, 3.8) is 0 Å². The van der Waals surface area contributed by atoms with Crippen molar-refractivity contribution in [1.29, 1.82) is 0 Å². The number of rotatable bonds is 1. The molecule has 1 amide bonds. The number of amides is 1. The van der Waals surface area contributed by atoms with Crippen molar-refractivity contribution >= 4 is 38.1 Å². The average Bonchev–Trinajstić information content (AvgIpc) is 3.02. The molecule has 0 bridgehead atoms. The second-order valence-corrected chi connectivity index (χ2v) is 10.2. The zero-order valence-electron chi connectivity index (χ0n) is 14.4. The van der Waals surface area contributed by atoms with E-state index in [9.17, 15) is 17.8 Å². The highest BCUT2D eigenvalue weighted by Gasteiger charge is 2.51. The molecule has 2 aromatic carbocycles. The molecule has 2 atom stereocenters. The lowest BCUT2D eigenvalue weighted by Crippen LogP contribution is -2.45. The van der Waals surface area contributed by atoms with E-state index in [0.717, 1.165) is 18.2 Å². The molecule has 2 aromatic rings. The number of carbonyl (C=O) groups is 1. The molecule has 8 heteroatoms.